The van der Waals surface area contributed by atoms with Crippen LogP contribution in [0, 0.1) is 6.92 Å². The third-order valence-corrected chi connectivity index (χ3v) is 3.81. The van der Waals surface area contributed by atoms with E-state index in [9.17, 15) is 0 Å². The highest BCUT2D eigenvalue weighted by Crippen LogP contribution is 2.27. The highest BCUT2D eigenvalue weighted by atomic mass is 15.3. The molecule has 1 aliphatic rings. The van der Waals surface area contributed by atoms with Gasteiger partial charge in [0.2, 0.25) is 0 Å². The maximum atomic E-state index is 4.18. The van der Waals surface area contributed by atoms with Gasteiger partial charge >= 0.3 is 0 Å². The van der Waals surface area contributed by atoms with E-state index < -0.39 is 0 Å². The summed E-state index contributed by atoms with van der Waals surface area (Å²) in [6.45, 7) is 5.14. The molecule has 0 bridgehead atoms. The maximum Gasteiger partial charge on any atom is 0.146 e. The fraction of sp³-hybridized carbons (Fsp3) is 0.833. The zero-order valence-electron chi connectivity index (χ0n) is 10.6. The van der Waals surface area contributed by atoms with E-state index in [1.807, 2.05) is 14.0 Å². The smallest absolute Gasteiger partial charge is 0.146 e. The summed E-state index contributed by atoms with van der Waals surface area (Å²) in [4.78, 5) is 0. The molecule has 0 aliphatic heterocycles. The fourth-order valence-electron chi connectivity index (χ4n) is 2.41. The maximum absolute atomic E-state index is 4.18. The molecular formula is C12H22N4. The molecular weight excluding hydrogens is 200 g/mol. The van der Waals surface area contributed by atoms with Crippen LogP contribution in [0.25, 0.3) is 0 Å². The van der Waals surface area contributed by atoms with Crippen molar-refractivity contribution in [2.24, 2.45) is 7.05 Å². The molecule has 0 saturated heterocycles. The van der Waals surface area contributed by atoms with Crippen LogP contribution in [-0.2, 0) is 13.6 Å². The van der Waals surface area contributed by atoms with E-state index in [-0.39, 0.29) is 0 Å². The minimum Gasteiger partial charge on any atom is -0.317 e. The van der Waals surface area contributed by atoms with Crippen molar-refractivity contribution in [3.63, 3.8) is 0 Å². The molecule has 1 aromatic rings. The lowest BCUT2D eigenvalue weighted by molar-refractivity contribution is 0.249. The summed E-state index contributed by atoms with van der Waals surface area (Å²) in [7, 11) is 2.02. The zero-order valence-corrected chi connectivity index (χ0v) is 10.6. The van der Waals surface area contributed by atoms with Gasteiger partial charge in [-0.25, -0.2) is 0 Å². The molecule has 90 valence electrons. The van der Waals surface area contributed by atoms with Crippen LogP contribution in [0.5, 0.6) is 0 Å². The van der Waals surface area contributed by atoms with Gasteiger partial charge in [-0.05, 0) is 26.7 Å². The molecule has 0 amide bonds. The van der Waals surface area contributed by atoms with Gasteiger partial charge in [0.15, 0.2) is 0 Å². The molecule has 0 aromatic carbocycles. The van der Waals surface area contributed by atoms with E-state index in [0.29, 0.717) is 5.54 Å². The zero-order chi connectivity index (χ0) is 11.6. The lowest BCUT2D eigenvalue weighted by Gasteiger charge is -2.34. The summed E-state index contributed by atoms with van der Waals surface area (Å²) in [5.41, 5.74) is 0.304. The Kier molecular flexibility index (Phi) is 3.28. The van der Waals surface area contributed by atoms with Gasteiger partial charge in [-0.2, -0.15) is 0 Å². The van der Waals surface area contributed by atoms with E-state index in [0.717, 1.165) is 18.2 Å². The molecule has 0 spiro atoms. The molecule has 4 nitrogen and oxygen atoms in total. The van der Waals surface area contributed by atoms with Gasteiger partial charge in [0.05, 0.1) is 6.54 Å². The van der Waals surface area contributed by atoms with Crippen LogP contribution in [-0.4, -0.2) is 20.3 Å². The number of aryl methyl sites for hydroxylation is 1. The summed E-state index contributed by atoms with van der Waals surface area (Å²) in [6, 6.07) is 0. The number of nitrogens with one attached hydrogen (secondary N) is 1. The Morgan fingerprint density at radius 1 is 1.25 bits per heavy atom. The van der Waals surface area contributed by atoms with Crippen molar-refractivity contribution in [1.29, 1.82) is 0 Å². The Labute approximate surface area is 97.5 Å². The summed E-state index contributed by atoms with van der Waals surface area (Å²) < 4.78 is 2.05. The van der Waals surface area contributed by atoms with Gasteiger partial charge in [0.25, 0.3) is 0 Å². The van der Waals surface area contributed by atoms with Crippen LogP contribution in [0.4, 0.5) is 0 Å². The van der Waals surface area contributed by atoms with Gasteiger partial charge in [0, 0.05) is 12.6 Å². The second-order valence-corrected chi connectivity index (χ2v) is 5.20. The molecule has 1 aromatic heterocycles. The Balaban J connectivity index is 1.93. The van der Waals surface area contributed by atoms with E-state index in [1.54, 1.807) is 0 Å². The van der Waals surface area contributed by atoms with Crippen LogP contribution in [0.3, 0.4) is 0 Å². The Morgan fingerprint density at radius 2 is 1.94 bits per heavy atom. The Bertz CT molecular complexity index is 350. The van der Waals surface area contributed by atoms with Crippen LogP contribution >= 0.6 is 0 Å². The van der Waals surface area contributed by atoms with E-state index in [4.69, 9.17) is 0 Å². The lowest BCUT2D eigenvalue weighted by Crippen LogP contribution is -2.43. The second-order valence-electron chi connectivity index (χ2n) is 5.20. The van der Waals surface area contributed by atoms with Gasteiger partial charge in [-0.1, -0.05) is 19.3 Å². The SMILES string of the molecule is Cc1nnc(CNC2(C)CCCCC2)n1C. The van der Waals surface area contributed by atoms with Crippen molar-refractivity contribution in [2.45, 2.75) is 58.0 Å². The molecule has 0 radical (unpaired) electrons. The van der Waals surface area contributed by atoms with Gasteiger partial charge in [0.1, 0.15) is 11.6 Å². The lowest BCUT2D eigenvalue weighted by atomic mass is 9.83. The predicted molar refractivity (Wildman–Crippen MR) is 64.1 cm³/mol. The van der Waals surface area contributed by atoms with Crippen molar-refractivity contribution in [1.82, 2.24) is 20.1 Å². The standard InChI is InChI=1S/C12H22N4/c1-10-14-15-11(16(10)3)9-13-12(2)7-5-4-6-8-12/h13H,4-9H2,1-3H3. The number of hydrogen-bond donors (Lipinski definition) is 1. The quantitative estimate of drug-likeness (QED) is 0.850. The minimum atomic E-state index is 0.304. The third-order valence-electron chi connectivity index (χ3n) is 3.81. The molecule has 4 heteroatoms. The van der Waals surface area contributed by atoms with Gasteiger partial charge in [-0.3, -0.25) is 0 Å². The molecule has 0 unspecified atom stereocenters. The van der Waals surface area contributed by atoms with E-state index >= 15 is 0 Å². The number of rotatable bonds is 3. The topological polar surface area (TPSA) is 42.7 Å². The van der Waals surface area contributed by atoms with E-state index in [2.05, 4.69) is 27.0 Å². The normalized spacial score (nSPS) is 19.9. The first-order valence-electron chi connectivity index (χ1n) is 6.21. The molecule has 0 atom stereocenters. The van der Waals surface area contributed by atoms with Crippen molar-refractivity contribution in [3.05, 3.63) is 11.6 Å². The number of aromatic nitrogens is 3. The molecule has 2 rings (SSSR count). The van der Waals surface area contributed by atoms with Crippen LogP contribution < -0.4 is 5.32 Å². The Hall–Kier alpha value is -0.900. The average molecular weight is 222 g/mol. The van der Waals surface area contributed by atoms with Crippen LogP contribution in [0.2, 0.25) is 0 Å². The third kappa shape index (κ3) is 2.43. The van der Waals surface area contributed by atoms with Crippen molar-refractivity contribution < 1.29 is 0 Å². The first-order valence-corrected chi connectivity index (χ1v) is 6.21. The number of nitrogens with zero attached hydrogens (tertiary/aromatic N) is 3. The Morgan fingerprint density at radius 3 is 2.50 bits per heavy atom. The highest BCUT2D eigenvalue weighted by molar-refractivity contribution is 4.95. The summed E-state index contributed by atoms with van der Waals surface area (Å²) in [5, 5.41) is 11.9. The number of hydrogen-bond acceptors (Lipinski definition) is 3. The molecule has 1 saturated carbocycles. The van der Waals surface area contributed by atoms with Crippen molar-refractivity contribution in [3.8, 4) is 0 Å². The first kappa shape index (κ1) is 11.6. The van der Waals surface area contributed by atoms with Crippen molar-refractivity contribution in [2.75, 3.05) is 0 Å². The largest absolute Gasteiger partial charge is 0.317 e. The molecule has 1 N–H and O–H groups in total. The van der Waals surface area contributed by atoms with Gasteiger partial charge < -0.3 is 9.88 Å². The monoisotopic (exact) mass is 222 g/mol. The highest BCUT2D eigenvalue weighted by Gasteiger charge is 2.26. The second kappa shape index (κ2) is 4.53. The summed E-state index contributed by atoms with van der Waals surface area (Å²) in [5.74, 6) is 2.01. The molecule has 1 fully saturated rings. The average Bonchev–Trinajstić information content (AvgIpc) is 2.58. The van der Waals surface area contributed by atoms with Crippen molar-refractivity contribution >= 4 is 0 Å². The predicted octanol–water partition coefficient (Wildman–Crippen LogP) is 1.94. The minimum absolute atomic E-state index is 0.304. The molecule has 1 heterocycles. The fourth-order valence-corrected chi connectivity index (χ4v) is 2.41. The van der Waals surface area contributed by atoms with E-state index in [1.165, 1.54) is 32.1 Å². The van der Waals surface area contributed by atoms with Crippen LogP contribution in [0.15, 0.2) is 0 Å². The summed E-state index contributed by atoms with van der Waals surface area (Å²) >= 11 is 0. The first-order chi connectivity index (χ1) is 7.61. The molecule has 1 aliphatic carbocycles. The molecule has 16 heavy (non-hydrogen) atoms. The summed E-state index contributed by atoms with van der Waals surface area (Å²) in [6.07, 6.45) is 6.65. The van der Waals surface area contributed by atoms with Gasteiger partial charge in [-0.15, -0.1) is 10.2 Å². The van der Waals surface area contributed by atoms with Crippen LogP contribution in [0.1, 0.15) is 50.7 Å².